The molecule has 0 saturated heterocycles. The first-order chi connectivity index (χ1) is 4.36. The van der Waals surface area contributed by atoms with Crippen LogP contribution in [0.1, 0.15) is 11.4 Å². The molecule has 0 saturated carbocycles. The first-order valence-corrected chi connectivity index (χ1v) is 4.13. The van der Waals surface area contributed by atoms with E-state index < -0.39 is 0 Å². The summed E-state index contributed by atoms with van der Waals surface area (Å²) >= 11 is 1.92. The van der Waals surface area contributed by atoms with Gasteiger partial charge in [-0.1, -0.05) is 0 Å². The van der Waals surface area contributed by atoms with Gasteiger partial charge >= 0.3 is 0 Å². The minimum atomic E-state index is 1.04. The summed E-state index contributed by atoms with van der Waals surface area (Å²) in [6, 6.07) is 2.15. The summed E-state index contributed by atoms with van der Waals surface area (Å²) in [7, 11) is 0. The topological polar surface area (TPSA) is 17.8 Å². The van der Waals surface area contributed by atoms with E-state index >= 15 is 0 Å². The van der Waals surface area contributed by atoms with Crippen LogP contribution >= 0.6 is 11.8 Å². The van der Waals surface area contributed by atoms with Gasteiger partial charge in [0.05, 0.1) is 11.6 Å². The minimum absolute atomic E-state index is 1.04. The van der Waals surface area contributed by atoms with Crippen molar-refractivity contribution in [1.29, 1.82) is 0 Å². The van der Waals surface area contributed by atoms with Gasteiger partial charge in [0.2, 0.25) is 0 Å². The zero-order valence-electron chi connectivity index (χ0n) is 5.29. The second-order valence-electron chi connectivity index (χ2n) is 2.25. The summed E-state index contributed by atoms with van der Waals surface area (Å²) in [6.45, 7) is 2.04. The van der Waals surface area contributed by atoms with E-state index in [4.69, 9.17) is 0 Å². The van der Waals surface area contributed by atoms with E-state index in [-0.39, 0.29) is 0 Å². The summed E-state index contributed by atoms with van der Waals surface area (Å²) in [4.78, 5) is 0. The second kappa shape index (κ2) is 1.77. The van der Waals surface area contributed by atoms with E-state index in [1.165, 1.54) is 5.69 Å². The van der Waals surface area contributed by atoms with Crippen molar-refractivity contribution in [2.75, 3.05) is 0 Å². The highest BCUT2D eigenvalue weighted by Gasteiger charge is 2.10. The van der Waals surface area contributed by atoms with Gasteiger partial charge in [-0.05, 0) is 13.0 Å². The number of fused-ring (bicyclic) bond motifs is 1. The molecule has 0 fully saturated rings. The molecule has 0 radical (unpaired) electrons. The Kier molecular flexibility index (Phi) is 1.05. The Hall–Kier alpha value is -0.440. The third-order valence-electron chi connectivity index (χ3n) is 1.45. The predicted octanol–water partition coefficient (Wildman–Crippen LogP) is 1.40. The first-order valence-electron chi connectivity index (χ1n) is 2.97. The third kappa shape index (κ3) is 0.758. The van der Waals surface area contributed by atoms with E-state index in [0.29, 0.717) is 0 Å². The van der Waals surface area contributed by atoms with Crippen molar-refractivity contribution in [3.63, 3.8) is 0 Å². The van der Waals surface area contributed by atoms with Gasteiger partial charge in [-0.25, -0.2) is 0 Å². The summed E-state index contributed by atoms with van der Waals surface area (Å²) in [5.41, 5.74) is 2.52. The van der Waals surface area contributed by atoms with E-state index in [1.807, 2.05) is 18.7 Å². The zero-order chi connectivity index (χ0) is 6.27. The summed E-state index contributed by atoms with van der Waals surface area (Å²) < 4.78 is 2.07. The minimum Gasteiger partial charge on any atom is -0.258 e. The Morgan fingerprint density at radius 1 is 1.78 bits per heavy atom. The Bertz CT molecular complexity index is 207. The average molecular weight is 140 g/mol. The Morgan fingerprint density at radius 2 is 2.67 bits per heavy atom. The van der Waals surface area contributed by atoms with Crippen LogP contribution in [0.5, 0.6) is 0 Å². The fraction of sp³-hybridized carbons (Fsp3) is 0.500. The predicted molar refractivity (Wildman–Crippen MR) is 38.3 cm³/mol. The standard InChI is InChI=1S/C6H8N2S/c1-5-2-6-3-9-4-8(6)7-5/h2H,3-4H2,1H3. The normalized spacial score (nSPS) is 16.1. The summed E-state index contributed by atoms with van der Waals surface area (Å²) in [5.74, 6) is 2.18. The molecule has 0 N–H and O–H groups in total. The highest BCUT2D eigenvalue weighted by atomic mass is 32.2. The van der Waals surface area contributed by atoms with E-state index in [0.717, 1.165) is 17.3 Å². The number of aryl methyl sites for hydroxylation is 1. The van der Waals surface area contributed by atoms with Crippen molar-refractivity contribution in [1.82, 2.24) is 9.78 Å². The van der Waals surface area contributed by atoms with Gasteiger partial charge in [-0.2, -0.15) is 5.10 Å². The molecule has 0 bridgehead atoms. The zero-order valence-corrected chi connectivity index (χ0v) is 6.11. The van der Waals surface area contributed by atoms with Crippen LogP contribution in [0.15, 0.2) is 6.07 Å². The fourth-order valence-electron chi connectivity index (χ4n) is 1.06. The molecule has 1 aromatic heterocycles. The van der Waals surface area contributed by atoms with Gasteiger partial charge in [-0.3, -0.25) is 4.68 Å². The maximum Gasteiger partial charge on any atom is 0.0870 e. The number of nitrogens with zero attached hydrogens (tertiary/aromatic N) is 2. The SMILES string of the molecule is Cc1cc2n(n1)CSC2. The summed E-state index contributed by atoms with van der Waals surface area (Å²) in [5, 5.41) is 4.29. The molecule has 1 aliphatic rings. The van der Waals surface area contributed by atoms with E-state index in [2.05, 4.69) is 15.8 Å². The highest BCUT2D eigenvalue weighted by molar-refractivity contribution is 7.97. The largest absolute Gasteiger partial charge is 0.258 e. The van der Waals surface area contributed by atoms with Crippen LogP contribution in [0.25, 0.3) is 0 Å². The second-order valence-corrected chi connectivity index (χ2v) is 3.21. The molecule has 0 spiro atoms. The quantitative estimate of drug-likeness (QED) is 0.542. The molecule has 2 nitrogen and oxygen atoms in total. The van der Waals surface area contributed by atoms with Crippen molar-refractivity contribution in [2.24, 2.45) is 0 Å². The van der Waals surface area contributed by atoms with Crippen LogP contribution in [0.2, 0.25) is 0 Å². The van der Waals surface area contributed by atoms with Crippen molar-refractivity contribution < 1.29 is 0 Å². The molecule has 2 heterocycles. The van der Waals surface area contributed by atoms with E-state index in [9.17, 15) is 0 Å². The monoisotopic (exact) mass is 140 g/mol. The molecule has 2 rings (SSSR count). The molecular weight excluding hydrogens is 132 g/mol. The van der Waals surface area contributed by atoms with Crippen molar-refractivity contribution in [3.8, 4) is 0 Å². The smallest absolute Gasteiger partial charge is 0.0870 e. The van der Waals surface area contributed by atoms with Gasteiger partial charge in [0.15, 0.2) is 0 Å². The van der Waals surface area contributed by atoms with Crippen molar-refractivity contribution in [2.45, 2.75) is 18.6 Å². The van der Waals surface area contributed by atoms with Gasteiger partial charge < -0.3 is 0 Å². The number of aromatic nitrogens is 2. The van der Waals surface area contributed by atoms with Gasteiger partial charge in [-0.15, -0.1) is 11.8 Å². The Morgan fingerprint density at radius 3 is 3.44 bits per heavy atom. The molecule has 48 valence electrons. The molecule has 1 aliphatic heterocycles. The molecular formula is C6H8N2S. The van der Waals surface area contributed by atoms with Crippen LogP contribution in [0.4, 0.5) is 0 Å². The molecule has 0 aromatic carbocycles. The van der Waals surface area contributed by atoms with Crippen molar-refractivity contribution >= 4 is 11.8 Å². The maximum absolute atomic E-state index is 4.29. The number of thioether (sulfide) groups is 1. The Balaban J connectivity index is 2.51. The molecule has 0 atom stereocenters. The third-order valence-corrected chi connectivity index (χ3v) is 2.38. The lowest BCUT2D eigenvalue weighted by Crippen LogP contribution is -1.92. The van der Waals surface area contributed by atoms with E-state index in [1.54, 1.807) is 0 Å². The van der Waals surface area contributed by atoms with Crippen LogP contribution in [0, 0.1) is 6.92 Å². The van der Waals surface area contributed by atoms with Crippen LogP contribution < -0.4 is 0 Å². The average Bonchev–Trinajstić information content (AvgIpc) is 2.22. The van der Waals surface area contributed by atoms with Gasteiger partial charge in [0, 0.05) is 11.4 Å². The number of hydrogen-bond donors (Lipinski definition) is 0. The highest BCUT2D eigenvalue weighted by Crippen LogP contribution is 2.22. The fourth-order valence-corrected chi connectivity index (χ4v) is 1.99. The van der Waals surface area contributed by atoms with Crippen LogP contribution in [0.3, 0.4) is 0 Å². The lowest BCUT2D eigenvalue weighted by molar-refractivity contribution is 0.733. The molecule has 0 unspecified atom stereocenters. The molecule has 9 heavy (non-hydrogen) atoms. The van der Waals surface area contributed by atoms with Crippen LogP contribution in [-0.4, -0.2) is 9.78 Å². The maximum atomic E-state index is 4.29. The molecule has 0 aliphatic carbocycles. The Labute approximate surface area is 58.3 Å². The molecule has 0 amide bonds. The first kappa shape index (κ1) is 5.35. The van der Waals surface area contributed by atoms with Gasteiger partial charge in [0.25, 0.3) is 0 Å². The number of rotatable bonds is 0. The lowest BCUT2D eigenvalue weighted by Gasteiger charge is -1.87. The van der Waals surface area contributed by atoms with Crippen molar-refractivity contribution in [3.05, 3.63) is 17.5 Å². The summed E-state index contributed by atoms with van der Waals surface area (Å²) in [6.07, 6.45) is 0. The molecule has 1 aromatic rings. The molecule has 3 heteroatoms. The van der Waals surface area contributed by atoms with Gasteiger partial charge in [0.1, 0.15) is 0 Å². The lowest BCUT2D eigenvalue weighted by atomic mass is 10.4. The van der Waals surface area contributed by atoms with Crippen LogP contribution in [-0.2, 0) is 11.6 Å². The number of hydrogen-bond acceptors (Lipinski definition) is 2.